The summed E-state index contributed by atoms with van der Waals surface area (Å²) in [5.74, 6) is -0.996. The zero-order valence-corrected chi connectivity index (χ0v) is 6.54. The summed E-state index contributed by atoms with van der Waals surface area (Å²) in [4.78, 5) is 20.2. The third-order valence-electron chi connectivity index (χ3n) is 1.24. The number of hydrogen-bond acceptors (Lipinski definition) is 2. The Morgan fingerprint density at radius 3 is 2.64 bits per heavy atom. The normalized spacial score (nSPS) is 8.82. The van der Waals surface area contributed by atoms with Crippen LogP contribution in [0.15, 0.2) is 0 Å². The second-order valence-electron chi connectivity index (χ2n) is 2.26. The molecule has 0 saturated carbocycles. The monoisotopic (exact) mass is 158 g/mol. The van der Waals surface area contributed by atoms with Crippen LogP contribution in [0.4, 0.5) is 0 Å². The average Bonchev–Trinajstić information content (AvgIpc) is 1.97. The molecule has 0 amide bonds. The Hall–Kier alpha value is -1.15. The van der Waals surface area contributed by atoms with Gasteiger partial charge in [-0.05, 0) is 0 Å². The van der Waals surface area contributed by atoms with E-state index in [1.54, 1.807) is 6.08 Å². The molecule has 0 aromatic heterocycles. The van der Waals surface area contributed by atoms with Crippen molar-refractivity contribution in [3.05, 3.63) is 0 Å². The smallest absolute Gasteiger partial charge is 0.424 e. The number of rotatable bonds is 5. The number of carboxylic acid groups (broad SMARTS) is 1. The Morgan fingerprint density at radius 1 is 1.64 bits per heavy atom. The minimum atomic E-state index is -0.996. The fourth-order valence-corrected chi connectivity index (χ4v) is 0.669. The first-order valence-corrected chi connectivity index (χ1v) is 3.55. The third-order valence-corrected chi connectivity index (χ3v) is 1.24. The summed E-state index contributed by atoms with van der Waals surface area (Å²) in [6.07, 6.45) is 3.33. The van der Waals surface area contributed by atoms with Crippen LogP contribution in [-0.4, -0.2) is 34.8 Å². The van der Waals surface area contributed by atoms with Crippen molar-refractivity contribution in [3.63, 3.8) is 0 Å². The van der Waals surface area contributed by atoms with Crippen LogP contribution in [0.25, 0.3) is 0 Å². The van der Waals surface area contributed by atoms with E-state index in [9.17, 15) is 9.59 Å². The van der Waals surface area contributed by atoms with Gasteiger partial charge in [0.05, 0.1) is 0 Å². The van der Waals surface area contributed by atoms with Gasteiger partial charge >= 0.3 is 12.0 Å². The zero-order valence-electron chi connectivity index (χ0n) is 6.54. The third kappa shape index (κ3) is 5.30. The minimum Gasteiger partial charge on any atom is -0.477 e. The van der Waals surface area contributed by atoms with Crippen LogP contribution >= 0.6 is 0 Å². The number of unbranched alkanes of at least 4 members (excludes halogenated alkanes) is 1. The fraction of sp³-hybridized carbons (Fsp3) is 0.714. The van der Waals surface area contributed by atoms with Gasteiger partial charge in [0, 0.05) is 6.42 Å². The van der Waals surface area contributed by atoms with E-state index in [0.29, 0.717) is 6.54 Å². The quantitative estimate of drug-likeness (QED) is 0.353. The average molecular weight is 158 g/mol. The molecule has 0 aliphatic rings. The van der Waals surface area contributed by atoms with Gasteiger partial charge in [0.2, 0.25) is 0 Å². The Kier molecular flexibility index (Phi) is 5.03. The van der Waals surface area contributed by atoms with Crippen LogP contribution in [0, 0.1) is 0 Å². The van der Waals surface area contributed by atoms with E-state index in [-0.39, 0.29) is 6.54 Å². The minimum absolute atomic E-state index is 0.247. The highest BCUT2D eigenvalue weighted by Crippen LogP contribution is 1.86. The van der Waals surface area contributed by atoms with Crippen molar-refractivity contribution in [2.45, 2.75) is 19.8 Å². The molecule has 0 unspecified atom stereocenters. The highest BCUT2D eigenvalue weighted by Gasteiger charge is 2.09. The summed E-state index contributed by atoms with van der Waals surface area (Å²) in [5, 5.41) is 8.29. The Bertz CT molecular complexity index is 182. The van der Waals surface area contributed by atoms with Crippen molar-refractivity contribution in [3.8, 4) is 0 Å². The van der Waals surface area contributed by atoms with Crippen molar-refractivity contribution in [2.24, 2.45) is 0 Å². The topological polar surface area (TPSA) is 57.4 Å². The van der Waals surface area contributed by atoms with Crippen LogP contribution in [0.2, 0.25) is 0 Å². The summed E-state index contributed by atoms with van der Waals surface area (Å²) < 4.78 is 1.13. The Morgan fingerprint density at radius 2 is 2.27 bits per heavy atom. The van der Waals surface area contributed by atoms with E-state index in [1.807, 2.05) is 6.92 Å². The van der Waals surface area contributed by atoms with Gasteiger partial charge in [0.25, 0.3) is 6.54 Å². The van der Waals surface area contributed by atoms with Gasteiger partial charge in [-0.15, -0.1) is 4.58 Å². The largest absolute Gasteiger partial charge is 0.477 e. The second-order valence-corrected chi connectivity index (χ2v) is 2.26. The molecule has 4 nitrogen and oxygen atoms in total. The van der Waals surface area contributed by atoms with Crippen LogP contribution in [0.3, 0.4) is 0 Å². The van der Waals surface area contributed by atoms with Crippen molar-refractivity contribution < 1.29 is 19.3 Å². The maximum Gasteiger partial charge on any atom is 0.424 e. The van der Waals surface area contributed by atoms with Crippen LogP contribution < -0.4 is 0 Å². The number of nitrogens with zero attached hydrogens (tertiary/aromatic N) is 1. The molecule has 11 heavy (non-hydrogen) atoms. The van der Waals surface area contributed by atoms with Gasteiger partial charge in [0.1, 0.15) is 0 Å². The predicted octanol–water partition coefficient (Wildman–Crippen LogP) is 0.219. The van der Waals surface area contributed by atoms with Gasteiger partial charge < -0.3 is 5.11 Å². The van der Waals surface area contributed by atoms with Crippen molar-refractivity contribution >= 4 is 12.0 Å². The van der Waals surface area contributed by atoms with Crippen LogP contribution in [0.1, 0.15) is 19.8 Å². The standard InChI is InChI=1S/C7H11NO3/c1-2-3-4-8(6-9)5-7(10)11/h2-5H2,1H3/p+1. The highest BCUT2D eigenvalue weighted by atomic mass is 16.4. The summed E-state index contributed by atoms with van der Waals surface area (Å²) in [7, 11) is 0. The van der Waals surface area contributed by atoms with E-state index in [0.717, 1.165) is 17.4 Å². The van der Waals surface area contributed by atoms with E-state index in [1.165, 1.54) is 0 Å². The Labute approximate surface area is 65.2 Å². The molecule has 0 radical (unpaired) electrons. The van der Waals surface area contributed by atoms with Crippen molar-refractivity contribution in [2.75, 3.05) is 13.1 Å². The molecule has 0 aromatic carbocycles. The molecule has 0 aliphatic carbocycles. The predicted molar refractivity (Wildman–Crippen MR) is 38.2 cm³/mol. The number of isocyanates is 1. The molecule has 0 aromatic rings. The van der Waals surface area contributed by atoms with E-state index in [4.69, 9.17) is 5.11 Å². The Balaban J connectivity index is 3.79. The van der Waals surface area contributed by atoms with Gasteiger partial charge in [-0.3, -0.25) is 0 Å². The lowest BCUT2D eigenvalue weighted by Gasteiger charge is -1.92. The molecular weight excluding hydrogens is 146 g/mol. The molecule has 62 valence electrons. The van der Waals surface area contributed by atoms with E-state index in [2.05, 4.69) is 0 Å². The summed E-state index contributed by atoms with van der Waals surface area (Å²) >= 11 is 0. The molecule has 4 heteroatoms. The van der Waals surface area contributed by atoms with Crippen LogP contribution in [-0.2, 0) is 9.59 Å². The zero-order chi connectivity index (χ0) is 8.69. The lowest BCUT2D eigenvalue weighted by atomic mass is 10.3. The summed E-state index contributed by atoms with van der Waals surface area (Å²) in [6, 6.07) is 0. The van der Waals surface area contributed by atoms with Gasteiger partial charge in [-0.2, -0.15) is 4.79 Å². The number of aliphatic carboxylic acids is 1. The first-order valence-electron chi connectivity index (χ1n) is 3.55. The number of carbonyl (C=O) groups excluding carboxylic acids is 1. The van der Waals surface area contributed by atoms with Crippen molar-refractivity contribution in [1.82, 2.24) is 0 Å². The molecule has 0 aliphatic heterocycles. The lowest BCUT2D eigenvalue weighted by molar-refractivity contribution is -0.516. The summed E-state index contributed by atoms with van der Waals surface area (Å²) in [5.41, 5.74) is 0. The maximum atomic E-state index is 10.1. The molecule has 0 bridgehead atoms. The lowest BCUT2D eigenvalue weighted by Crippen LogP contribution is -2.20. The number of carboxylic acids is 1. The first kappa shape index (κ1) is 9.85. The molecule has 0 rings (SSSR count). The summed E-state index contributed by atoms with van der Waals surface area (Å²) in [6.45, 7) is 2.21. The van der Waals surface area contributed by atoms with Gasteiger partial charge in [-0.25, -0.2) is 4.79 Å². The molecule has 0 spiro atoms. The SMILES string of the molecule is CCCC[N+](=C=O)CC(=O)O. The number of hydrogen-bond donors (Lipinski definition) is 1. The van der Waals surface area contributed by atoms with E-state index < -0.39 is 5.97 Å². The molecule has 1 N–H and O–H groups in total. The van der Waals surface area contributed by atoms with Crippen molar-refractivity contribution in [1.29, 1.82) is 0 Å². The number of carbonyl (C=O) groups is 1. The second kappa shape index (κ2) is 5.62. The molecular formula is C7H12NO3+. The maximum absolute atomic E-state index is 10.1. The molecule has 0 fully saturated rings. The molecule has 0 saturated heterocycles. The highest BCUT2D eigenvalue weighted by molar-refractivity contribution is 5.68. The van der Waals surface area contributed by atoms with E-state index >= 15 is 0 Å². The van der Waals surface area contributed by atoms with Crippen LogP contribution in [0.5, 0.6) is 0 Å². The molecule has 0 heterocycles. The molecule has 0 atom stereocenters. The fourth-order valence-electron chi connectivity index (χ4n) is 0.669. The van der Waals surface area contributed by atoms with Gasteiger partial charge in [-0.1, -0.05) is 13.3 Å². The first-order chi connectivity index (χ1) is 5.20. The van der Waals surface area contributed by atoms with Gasteiger partial charge in [0.15, 0.2) is 6.54 Å².